The molecule has 124 valence electrons. The molecule has 0 aliphatic carbocycles. The van der Waals surface area contributed by atoms with Gasteiger partial charge in [-0.15, -0.1) is 0 Å². The van der Waals surface area contributed by atoms with Crippen molar-refractivity contribution in [2.24, 2.45) is 0 Å². The monoisotopic (exact) mass is 322 g/mol. The summed E-state index contributed by atoms with van der Waals surface area (Å²) in [6.07, 6.45) is 0. The van der Waals surface area contributed by atoms with Crippen LogP contribution < -0.4 is 10.6 Å². The number of piperazine rings is 1. The molecule has 1 aromatic heterocycles. The minimum Gasteiger partial charge on any atom is -0.423 e. The largest absolute Gasteiger partial charge is 0.423 e. The Bertz CT molecular complexity index is 832. The number of anilines is 2. The van der Waals surface area contributed by atoms with Gasteiger partial charge in [0.1, 0.15) is 5.52 Å². The quantitative estimate of drug-likeness (QED) is 0.751. The summed E-state index contributed by atoms with van der Waals surface area (Å²) < 4.78 is 5.87. The molecule has 3 aromatic rings. The average molecular weight is 322 g/mol. The number of hydrogen-bond acceptors (Lipinski definition) is 5. The van der Waals surface area contributed by atoms with Crippen LogP contribution in [0.2, 0.25) is 0 Å². The summed E-state index contributed by atoms with van der Waals surface area (Å²) in [5.74, 6) is 0. The number of nitrogens with zero attached hydrogens (tertiary/aromatic N) is 3. The van der Waals surface area contributed by atoms with Crippen molar-refractivity contribution >= 4 is 22.8 Å². The molecule has 5 nitrogen and oxygen atoms in total. The van der Waals surface area contributed by atoms with Gasteiger partial charge in [-0.05, 0) is 30.7 Å². The van der Waals surface area contributed by atoms with Crippen LogP contribution in [0.5, 0.6) is 0 Å². The molecule has 2 aromatic carbocycles. The second-order valence-corrected chi connectivity index (χ2v) is 6.47. The molecule has 1 fully saturated rings. The third-order valence-corrected chi connectivity index (χ3v) is 4.57. The zero-order chi connectivity index (χ0) is 16.5. The minimum atomic E-state index is 0.700. The van der Waals surface area contributed by atoms with Gasteiger partial charge in [-0.3, -0.25) is 4.90 Å². The van der Waals surface area contributed by atoms with Crippen LogP contribution in [0, 0.1) is 6.92 Å². The second kappa shape index (κ2) is 6.17. The van der Waals surface area contributed by atoms with Crippen LogP contribution in [0.3, 0.4) is 0 Å². The predicted molar refractivity (Wildman–Crippen MR) is 97.1 cm³/mol. The maximum Gasteiger partial charge on any atom is 0.298 e. The Morgan fingerprint density at radius 2 is 1.79 bits per heavy atom. The van der Waals surface area contributed by atoms with Gasteiger partial charge in [-0.2, -0.15) is 4.98 Å². The molecule has 1 aliphatic heterocycles. The summed E-state index contributed by atoms with van der Waals surface area (Å²) in [7, 11) is 0. The molecular formula is C19H22N4O. The Hall–Kier alpha value is -2.53. The molecule has 4 rings (SSSR count). The van der Waals surface area contributed by atoms with Crippen molar-refractivity contribution in [2.75, 3.05) is 36.8 Å². The van der Waals surface area contributed by atoms with E-state index < -0.39 is 0 Å². The van der Waals surface area contributed by atoms with Gasteiger partial charge in [0, 0.05) is 38.4 Å². The van der Waals surface area contributed by atoms with Crippen molar-refractivity contribution in [3.63, 3.8) is 0 Å². The van der Waals surface area contributed by atoms with Crippen LogP contribution >= 0.6 is 0 Å². The van der Waals surface area contributed by atoms with Crippen LogP contribution in [0.15, 0.2) is 46.9 Å². The molecule has 2 N–H and O–H groups in total. The molecule has 0 radical (unpaired) electrons. The van der Waals surface area contributed by atoms with Gasteiger partial charge in [0.05, 0.1) is 0 Å². The highest BCUT2D eigenvalue weighted by Crippen LogP contribution is 2.24. The number of nitrogen functional groups attached to an aromatic ring is 1. The van der Waals surface area contributed by atoms with Crippen molar-refractivity contribution in [1.29, 1.82) is 0 Å². The molecule has 5 heteroatoms. The van der Waals surface area contributed by atoms with E-state index in [4.69, 9.17) is 10.2 Å². The number of oxazole rings is 1. The van der Waals surface area contributed by atoms with Gasteiger partial charge in [0.2, 0.25) is 0 Å². The summed E-state index contributed by atoms with van der Waals surface area (Å²) >= 11 is 0. The van der Waals surface area contributed by atoms with Crippen molar-refractivity contribution < 1.29 is 4.42 Å². The van der Waals surface area contributed by atoms with E-state index in [0.29, 0.717) is 11.7 Å². The van der Waals surface area contributed by atoms with E-state index in [2.05, 4.69) is 46.0 Å². The SMILES string of the molecule is Cc1ccc(CN2CCN(c3nc4cc(N)ccc4o3)CC2)cc1. The number of hydrogen-bond donors (Lipinski definition) is 1. The Kier molecular flexibility index (Phi) is 3.86. The molecule has 1 aliphatic rings. The Morgan fingerprint density at radius 1 is 1.04 bits per heavy atom. The highest BCUT2D eigenvalue weighted by molar-refractivity contribution is 5.78. The van der Waals surface area contributed by atoms with E-state index in [1.165, 1.54) is 11.1 Å². The molecule has 0 saturated carbocycles. The summed E-state index contributed by atoms with van der Waals surface area (Å²) in [6.45, 7) is 6.99. The van der Waals surface area contributed by atoms with Crippen LogP contribution in [0.1, 0.15) is 11.1 Å². The number of benzene rings is 2. The average Bonchev–Trinajstić information content (AvgIpc) is 3.01. The fourth-order valence-electron chi connectivity index (χ4n) is 3.12. The first-order chi connectivity index (χ1) is 11.7. The van der Waals surface area contributed by atoms with Crippen molar-refractivity contribution in [3.8, 4) is 0 Å². The highest BCUT2D eigenvalue weighted by Gasteiger charge is 2.21. The van der Waals surface area contributed by atoms with E-state index in [-0.39, 0.29) is 0 Å². The topological polar surface area (TPSA) is 58.5 Å². The van der Waals surface area contributed by atoms with Crippen molar-refractivity contribution in [2.45, 2.75) is 13.5 Å². The maximum atomic E-state index is 5.87. The molecule has 0 unspecified atom stereocenters. The number of nitrogens with two attached hydrogens (primary N) is 1. The third kappa shape index (κ3) is 3.08. The second-order valence-electron chi connectivity index (χ2n) is 6.47. The first kappa shape index (κ1) is 15.0. The van der Waals surface area contributed by atoms with Gasteiger partial charge in [0.15, 0.2) is 5.58 Å². The van der Waals surface area contributed by atoms with Gasteiger partial charge < -0.3 is 15.1 Å². The molecule has 24 heavy (non-hydrogen) atoms. The number of rotatable bonds is 3. The van der Waals surface area contributed by atoms with Gasteiger partial charge in [-0.25, -0.2) is 0 Å². The lowest BCUT2D eigenvalue weighted by atomic mass is 10.1. The molecule has 0 atom stereocenters. The van der Waals surface area contributed by atoms with E-state index in [1.54, 1.807) is 0 Å². The lowest BCUT2D eigenvalue weighted by molar-refractivity contribution is 0.245. The van der Waals surface area contributed by atoms with Gasteiger partial charge in [0.25, 0.3) is 6.01 Å². The first-order valence-electron chi connectivity index (χ1n) is 8.36. The highest BCUT2D eigenvalue weighted by atomic mass is 16.4. The molecule has 0 amide bonds. The normalized spacial score (nSPS) is 16.0. The summed E-state index contributed by atoms with van der Waals surface area (Å²) in [5.41, 5.74) is 10.8. The molecule has 0 bridgehead atoms. The fraction of sp³-hybridized carbons (Fsp3) is 0.316. The molecule has 2 heterocycles. The van der Waals surface area contributed by atoms with Crippen molar-refractivity contribution in [1.82, 2.24) is 9.88 Å². The minimum absolute atomic E-state index is 0.700. The lowest BCUT2D eigenvalue weighted by Crippen LogP contribution is -2.46. The van der Waals surface area contributed by atoms with Crippen LogP contribution in [0.4, 0.5) is 11.7 Å². The summed E-state index contributed by atoms with van der Waals surface area (Å²) in [4.78, 5) is 9.26. The Morgan fingerprint density at radius 3 is 2.54 bits per heavy atom. The summed E-state index contributed by atoms with van der Waals surface area (Å²) in [5, 5.41) is 0. The van der Waals surface area contributed by atoms with Crippen LogP contribution in [0.25, 0.3) is 11.1 Å². The zero-order valence-electron chi connectivity index (χ0n) is 13.9. The maximum absolute atomic E-state index is 5.87. The van der Waals surface area contributed by atoms with E-state index in [0.717, 1.165) is 43.8 Å². The Labute approximate surface area is 141 Å². The van der Waals surface area contributed by atoms with Crippen LogP contribution in [-0.2, 0) is 6.54 Å². The van der Waals surface area contributed by atoms with Gasteiger partial charge in [-0.1, -0.05) is 29.8 Å². The first-order valence-corrected chi connectivity index (χ1v) is 8.36. The number of aromatic nitrogens is 1. The fourth-order valence-corrected chi connectivity index (χ4v) is 3.12. The standard InChI is InChI=1S/C19H22N4O/c1-14-2-4-15(5-3-14)13-22-8-10-23(11-9-22)19-21-17-12-16(20)6-7-18(17)24-19/h2-7,12H,8-11,13,20H2,1H3. The lowest BCUT2D eigenvalue weighted by Gasteiger charge is -2.33. The van der Waals surface area contributed by atoms with E-state index >= 15 is 0 Å². The third-order valence-electron chi connectivity index (χ3n) is 4.57. The molecule has 1 saturated heterocycles. The zero-order valence-corrected chi connectivity index (χ0v) is 13.9. The molecular weight excluding hydrogens is 300 g/mol. The Balaban J connectivity index is 1.40. The summed E-state index contributed by atoms with van der Waals surface area (Å²) in [6, 6.07) is 15.1. The molecule has 0 spiro atoms. The van der Waals surface area contributed by atoms with Gasteiger partial charge >= 0.3 is 0 Å². The number of fused-ring (bicyclic) bond motifs is 1. The van der Waals surface area contributed by atoms with E-state index in [1.807, 2.05) is 18.2 Å². The van der Waals surface area contributed by atoms with Crippen LogP contribution in [-0.4, -0.2) is 36.1 Å². The number of aryl methyl sites for hydroxylation is 1. The van der Waals surface area contributed by atoms with Crippen molar-refractivity contribution in [3.05, 3.63) is 53.6 Å². The smallest absolute Gasteiger partial charge is 0.298 e. The predicted octanol–water partition coefficient (Wildman–Crippen LogP) is 3.04. The van der Waals surface area contributed by atoms with E-state index in [9.17, 15) is 0 Å².